The first-order chi connectivity index (χ1) is 24.6. The number of benzene rings is 1. The summed E-state index contributed by atoms with van der Waals surface area (Å²) in [6, 6.07) is 10.6. The normalized spacial score (nSPS) is 36.0. The number of nitrogens with one attached hydrogen (secondary N) is 1. The van der Waals surface area contributed by atoms with Gasteiger partial charge in [-0.1, -0.05) is 75.1 Å². The van der Waals surface area contributed by atoms with E-state index in [1.165, 1.54) is 30.4 Å². The Morgan fingerprint density at radius 1 is 0.980 bits per heavy atom. The maximum absolute atomic E-state index is 12.8. The average molecular weight is 697 g/mol. The van der Waals surface area contributed by atoms with E-state index in [2.05, 4.69) is 50.0 Å². The number of allylic oxidation sites excluding steroid dienone is 3. The third-order valence-electron chi connectivity index (χ3n) is 14.8. The summed E-state index contributed by atoms with van der Waals surface area (Å²) in [6.45, 7) is 12.4. The van der Waals surface area contributed by atoms with E-state index in [4.69, 9.17) is 4.74 Å². The molecule has 6 aliphatic rings. The highest BCUT2D eigenvalue weighted by Crippen LogP contribution is 2.65. The van der Waals surface area contributed by atoms with Crippen molar-refractivity contribution in [2.75, 3.05) is 19.6 Å². The molecule has 9 atom stereocenters. The Labute approximate surface area is 307 Å². The molecule has 8 unspecified atom stereocenters. The maximum Gasteiger partial charge on any atom is 0.220 e. The van der Waals surface area contributed by atoms with Crippen LogP contribution in [0.25, 0.3) is 0 Å². The summed E-state index contributed by atoms with van der Waals surface area (Å²) in [4.78, 5) is 40.1. The van der Waals surface area contributed by atoms with Gasteiger partial charge in [-0.25, -0.2) is 0 Å². The minimum absolute atomic E-state index is 0.151. The third-order valence-corrected chi connectivity index (χ3v) is 14.8. The Morgan fingerprint density at radius 3 is 2.57 bits per heavy atom. The lowest BCUT2D eigenvalue weighted by atomic mass is 9.56. The molecule has 2 heterocycles. The zero-order chi connectivity index (χ0) is 35.8. The van der Waals surface area contributed by atoms with Crippen molar-refractivity contribution in [2.24, 2.45) is 35.0 Å². The zero-order valence-corrected chi connectivity index (χ0v) is 32.0. The highest BCUT2D eigenvalue weighted by atomic mass is 16.5. The van der Waals surface area contributed by atoms with Crippen LogP contribution < -0.4 is 5.32 Å². The lowest BCUT2D eigenvalue weighted by Crippen LogP contribution is -2.54. The van der Waals surface area contributed by atoms with E-state index >= 15 is 0 Å². The van der Waals surface area contributed by atoms with Crippen LogP contribution in [0.15, 0.2) is 53.1 Å². The summed E-state index contributed by atoms with van der Waals surface area (Å²) in [6.07, 6.45) is 17.5. The van der Waals surface area contributed by atoms with Crippen molar-refractivity contribution in [3.63, 3.8) is 0 Å². The summed E-state index contributed by atoms with van der Waals surface area (Å²) in [5, 5.41) is 3.24. The number of fused-ring (bicyclic) bond motifs is 6. The van der Waals surface area contributed by atoms with E-state index in [0.29, 0.717) is 73.5 Å². The van der Waals surface area contributed by atoms with E-state index in [9.17, 15) is 14.4 Å². The predicted molar refractivity (Wildman–Crippen MR) is 203 cm³/mol. The fourth-order valence-corrected chi connectivity index (χ4v) is 12.1. The second-order valence-corrected chi connectivity index (χ2v) is 17.8. The first-order valence-electron chi connectivity index (χ1n) is 20.8. The molecule has 1 N–H and O–H groups in total. The van der Waals surface area contributed by atoms with Crippen molar-refractivity contribution >= 4 is 17.5 Å². The number of piperidine rings is 1. The first-order valence-corrected chi connectivity index (χ1v) is 20.8. The molecule has 2 saturated carbocycles. The van der Waals surface area contributed by atoms with Crippen LogP contribution in [-0.2, 0) is 25.5 Å². The Balaban J connectivity index is 0.884. The third kappa shape index (κ3) is 7.35. The number of rotatable bonds is 13. The fourth-order valence-electron chi connectivity index (χ4n) is 12.1. The molecule has 7 rings (SSSR count). The molecule has 0 bridgehead atoms. The molecule has 1 spiro atoms. The Hall–Kier alpha value is -2.57. The molecule has 4 fully saturated rings. The minimum atomic E-state index is -0.172. The fraction of sp³-hybridized carbons (Fsp3) is 0.711. The molecule has 0 radical (unpaired) electrons. The molecule has 1 aromatic carbocycles. The Morgan fingerprint density at radius 2 is 1.76 bits per heavy atom. The standard InChI is InChI=1S/C45H64N2O4/c1-30-26-41-43(47(29-30)25-24-46-42(50)15-11-6-5-10-14-35(48)18-16-33-12-8-7-9-13-33)32(3)45(51-41)23-21-37-38-19-17-34-27-36(49)20-22-44(34,4)40(38)28-39(37)31(45)2/h7-9,12-13,27,30,32,37-38,40-41,43H,5-6,10-11,14-26,28-29H2,1-4H3,(H,46,50)/t30?,32?,37?,38?,40?,41-,43?,44?,45?/m1/s1. The van der Waals surface area contributed by atoms with Crippen LogP contribution in [0.3, 0.4) is 0 Å². The number of Topliss-reactive ketones (excluding diaryl/α,β-unsaturated/α-hetero) is 1. The van der Waals surface area contributed by atoms with Crippen LogP contribution >= 0.6 is 0 Å². The summed E-state index contributed by atoms with van der Waals surface area (Å²) >= 11 is 0. The number of ether oxygens (including phenoxy) is 1. The van der Waals surface area contributed by atoms with E-state index in [0.717, 1.165) is 76.8 Å². The second-order valence-electron chi connectivity index (χ2n) is 17.8. The van der Waals surface area contributed by atoms with Crippen LogP contribution in [0.5, 0.6) is 0 Å². The van der Waals surface area contributed by atoms with Gasteiger partial charge in [0.15, 0.2) is 5.78 Å². The van der Waals surface area contributed by atoms with Crippen LogP contribution in [0.4, 0.5) is 0 Å². The van der Waals surface area contributed by atoms with Crippen molar-refractivity contribution in [3.05, 3.63) is 58.7 Å². The topological polar surface area (TPSA) is 75.7 Å². The number of carbonyl (C=O) groups excluding carboxylic acids is 3. The van der Waals surface area contributed by atoms with Crippen molar-refractivity contribution in [1.82, 2.24) is 10.2 Å². The molecule has 6 nitrogen and oxygen atoms in total. The van der Waals surface area contributed by atoms with Gasteiger partial charge in [0.25, 0.3) is 0 Å². The molecule has 1 aromatic rings. The summed E-state index contributed by atoms with van der Waals surface area (Å²) in [7, 11) is 0. The number of amides is 1. The van der Waals surface area contributed by atoms with Crippen molar-refractivity contribution in [1.29, 1.82) is 0 Å². The lowest BCUT2D eigenvalue weighted by Gasteiger charge is -2.48. The zero-order valence-electron chi connectivity index (χ0n) is 32.0. The number of unbranched alkanes of at least 4 members (excludes halogenated alkanes) is 3. The number of nitrogens with zero attached hydrogens (tertiary/aromatic N) is 1. The Kier molecular flexibility index (Phi) is 11.1. The monoisotopic (exact) mass is 696 g/mol. The highest BCUT2D eigenvalue weighted by Gasteiger charge is 2.61. The number of carbonyl (C=O) groups is 3. The number of likely N-dealkylation sites (tertiary alicyclic amines) is 1. The summed E-state index contributed by atoms with van der Waals surface area (Å²) < 4.78 is 7.32. The van der Waals surface area contributed by atoms with Gasteiger partial charge in [-0.15, -0.1) is 0 Å². The number of aryl methyl sites for hydroxylation is 1. The van der Waals surface area contributed by atoms with Gasteiger partial charge in [-0.2, -0.15) is 0 Å². The van der Waals surface area contributed by atoms with Crippen LogP contribution in [0, 0.1) is 35.0 Å². The van der Waals surface area contributed by atoms with Gasteiger partial charge in [0, 0.05) is 57.3 Å². The van der Waals surface area contributed by atoms with Gasteiger partial charge in [0.05, 0.1) is 11.7 Å². The second kappa shape index (κ2) is 15.4. The molecule has 6 heteroatoms. The van der Waals surface area contributed by atoms with Crippen molar-refractivity contribution in [3.8, 4) is 0 Å². The van der Waals surface area contributed by atoms with E-state index in [1.54, 1.807) is 11.1 Å². The molecule has 0 aromatic heterocycles. The SMILES string of the molecule is CC1=C2CC3C(CCC4=CC(=O)CCC43C)C2CCC12O[C@@H]1CC(C)CN(CCNC(=O)CCCCCCC(=O)CCc3ccccc3)C1C2C. The lowest BCUT2D eigenvalue weighted by molar-refractivity contribution is -0.121. The van der Waals surface area contributed by atoms with Crippen LogP contribution in [-0.4, -0.2) is 59.8 Å². The summed E-state index contributed by atoms with van der Waals surface area (Å²) in [5.41, 5.74) is 5.94. The number of ketones is 2. The predicted octanol–water partition coefficient (Wildman–Crippen LogP) is 8.58. The molecule has 2 saturated heterocycles. The van der Waals surface area contributed by atoms with Crippen molar-refractivity contribution in [2.45, 2.75) is 148 Å². The average Bonchev–Trinajstić information content (AvgIpc) is 3.64. The number of hydrogen-bond acceptors (Lipinski definition) is 5. The first kappa shape index (κ1) is 36.8. The van der Waals surface area contributed by atoms with Crippen molar-refractivity contribution < 1.29 is 19.1 Å². The quantitative estimate of drug-likeness (QED) is 0.165. The smallest absolute Gasteiger partial charge is 0.220 e. The van der Waals surface area contributed by atoms with Crippen LogP contribution in [0.1, 0.15) is 130 Å². The van der Waals surface area contributed by atoms with Gasteiger partial charge < -0.3 is 10.1 Å². The highest BCUT2D eigenvalue weighted by molar-refractivity contribution is 5.91. The van der Waals surface area contributed by atoms with E-state index in [-0.39, 0.29) is 23.0 Å². The van der Waals surface area contributed by atoms with Gasteiger partial charge in [0.2, 0.25) is 5.91 Å². The van der Waals surface area contributed by atoms with Gasteiger partial charge >= 0.3 is 0 Å². The van der Waals surface area contributed by atoms with Gasteiger partial charge in [-0.3, -0.25) is 19.3 Å². The molecule has 4 aliphatic carbocycles. The molecule has 51 heavy (non-hydrogen) atoms. The van der Waals surface area contributed by atoms with E-state index < -0.39 is 0 Å². The summed E-state index contributed by atoms with van der Waals surface area (Å²) in [5.74, 6) is 3.93. The van der Waals surface area contributed by atoms with Crippen LogP contribution in [0.2, 0.25) is 0 Å². The number of hydrogen-bond donors (Lipinski definition) is 1. The Bertz CT molecular complexity index is 1510. The molecule has 2 aliphatic heterocycles. The minimum Gasteiger partial charge on any atom is -0.365 e. The molecular formula is C45H64N2O4. The molecule has 278 valence electrons. The van der Waals surface area contributed by atoms with Gasteiger partial charge in [0.1, 0.15) is 5.78 Å². The van der Waals surface area contributed by atoms with Gasteiger partial charge in [-0.05, 0) is 117 Å². The molecular weight excluding hydrogens is 633 g/mol. The largest absolute Gasteiger partial charge is 0.365 e. The van der Waals surface area contributed by atoms with E-state index in [1.807, 2.05) is 24.3 Å². The maximum atomic E-state index is 12.8. The molecule has 1 amide bonds.